The van der Waals surface area contributed by atoms with E-state index in [1.165, 1.54) is 6.92 Å². The minimum Gasteiger partial charge on any atom is -0.508 e. The Balaban J connectivity index is 1.91. The highest BCUT2D eigenvalue weighted by Gasteiger charge is 2.37. The standard InChI is InChI=1S/C21H25N3O5/c1-21(13-18(22)26,24-20(28)29-14-16-5-3-2-4-6-16)19(27)23-12-11-15-7-9-17(25)10-8-15/h2-10,25H,11-14H2,1H3,(H2,22,26)(H,23,27)(H,24,28)/t21-/m1/s1. The largest absolute Gasteiger partial charge is 0.508 e. The van der Waals surface area contributed by atoms with E-state index in [1.54, 1.807) is 36.4 Å². The molecule has 0 bridgehead atoms. The molecule has 1 atom stereocenters. The number of phenolic OH excluding ortho intramolecular Hbond substituents is 1. The number of amides is 3. The number of benzene rings is 2. The first-order chi connectivity index (χ1) is 13.8. The monoisotopic (exact) mass is 399 g/mol. The Bertz CT molecular complexity index is 839. The number of nitrogens with two attached hydrogens (primary N) is 1. The average Bonchev–Trinajstić information content (AvgIpc) is 2.68. The van der Waals surface area contributed by atoms with Gasteiger partial charge < -0.3 is 26.2 Å². The maximum absolute atomic E-state index is 12.6. The lowest BCUT2D eigenvalue weighted by Gasteiger charge is -2.28. The molecule has 0 aliphatic carbocycles. The SMILES string of the molecule is C[C@](CC(N)=O)(NC(=O)OCc1ccccc1)C(=O)NCCc1ccc(O)cc1. The molecular weight excluding hydrogens is 374 g/mol. The highest BCUT2D eigenvalue weighted by Crippen LogP contribution is 2.12. The molecule has 0 spiro atoms. The number of nitrogens with one attached hydrogen (secondary N) is 2. The summed E-state index contributed by atoms with van der Waals surface area (Å²) >= 11 is 0. The van der Waals surface area contributed by atoms with Crippen molar-refractivity contribution in [3.8, 4) is 5.75 Å². The van der Waals surface area contributed by atoms with E-state index in [4.69, 9.17) is 10.5 Å². The number of carbonyl (C=O) groups excluding carboxylic acids is 3. The van der Waals surface area contributed by atoms with E-state index in [2.05, 4.69) is 10.6 Å². The summed E-state index contributed by atoms with van der Waals surface area (Å²) in [5, 5.41) is 14.4. The van der Waals surface area contributed by atoms with E-state index in [1.807, 2.05) is 18.2 Å². The zero-order valence-electron chi connectivity index (χ0n) is 16.2. The van der Waals surface area contributed by atoms with Crippen molar-refractivity contribution in [1.29, 1.82) is 0 Å². The molecule has 2 aromatic carbocycles. The fourth-order valence-corrected chi connectivity index (χ4v) is 2.69. The Morgan fingerprint density at radius 3 is 2.31 bits per heavy atom. The third-order valence-electron chi connectivity index (χ3n) is 4.26. The second kappa shape index (κ2) is 10.1. The molecule has 2 aromatic rings. The molecule has 29 heavy (non-hydrogen) atoms. The van der Waals surface area contributed by atoms with Gasteiger partial charge in [-0.15, -0.1) is 0 Å². The van der Waals surface area contributed by atoms with Crippen LogP contribution in [-0.2, 0) is 27.4 Å². The molecule has 154 valence electrons. The van der Waals surface area contributed by atoms with Crippen LogP contribution in [0, 0.1) is 0 Å². The Hall–Kier alpha value is -3.55. The van der Waals surface area contributed by atoms with Gasteiger partial charge in [-0.25, -0.2) is 4.79 Å². The van der Waals surface area contributed by atoms with Crippen LogP contribution < -0.4 is 16.4 Å². The maximum Gasteiger partial charge on any atom is 0.408 e. The summed E-state index contributed by atoms with van der Waals surface area (Å²) in [5.41, 5.74) is 5.41. The average molecular weight is 399 g/mol. The summed E-state index contributed by atoms with van der Waals surface area (Å²) < 4.78 is 5.13. The van der Waals surface area contributed by atoms with E-state index in [-0.39, 0.29) is 25.3 Å². The van der Waals surface area contributed by atoms with E-state index in [0.29, 0.717) is 6.42 Å². The zero-order valence-corrected chi connectivity index (χ0v) is 16.2. The van der Waals surface area contributed by atoms with E-state index < -0.39 is 23.4 Å². The van der Waals surface area contributed by atoms with Crippen molar-refractivity contribution >= 4 is 17.9 Å². The minimum atomic E-state index is -1.55. The molecule has 3 amide bonds. The van der Waals surface area contributed by atoms with Crippen molar-refractivity contribution in [3.05, 3.63) is 65.7 Å². The van der Waals surface area contributed by atoms with E-state index in [9.17, 15) is 19.5 Å². The van der Waals surface area contributed by atoms with Crippen LogP contribution in [0.4, 0.5) is 4.79 Å². The molecule has 0 aliphatic rings. The Kier molecular flexibility index (Phi) is 7.59. The maximum atomic E-state index is 12.6. The van der Waals surface area contributed by atoms with Crippen molar-refractivity contribution < 1.29 is 24.2 Å². The van der Waals surface area contributed by atoms with E-state index in [0.717, 1.165) is 11.1 Å². The third kappa shape index (κ3) is 7.17. The quantitative estimate of drug-likeness (QED) is 0.509. The number of primary amides is 1. The first-order valence-corrected chi connectivity index (χ1v) is 9.12. The van der Waals surface area contributed by atoms with Crippen LogP contribution >= 0.6 is 0 Å². The number of rotatable bonds is 9. The van der Waals surface area contributed by atoms with Gasteiger partial charge in [-0.3, -0.25) is 9.59 Å². The fraction of sp³-hybridized carbons (Fsp3) is 0.286. The van der Waals surface area contributed by atoms with Gasteiger partial charge in [0, 0.05) is 6.54 Å². The van der Waals surface area contributed by atoms with Crippen LogP contribution in [0.15, 0.2) is 54.6 Å². The van der Waals surface area contributed by atoms with Crippen molar-refractivity contribution in [2.75, 3.05) is 6.54 Å². The molecule has 0 unspecified atom stereocenters. The number of aromatic hydroxyl groups is 1. The number of hydrogen-bond acceptors (Lipinski definition) is 5. The van der Waals surface area contributed by atoms with E-state index >= 15 is 0 Å². The molecule has 0 radical (unpaired) electrons. The van der Waals surface area contributed by atoms with Gasteiger partial charge in [-0.05, 0) is 36.6 Å². The number of phenols is 1. The molecule has 0 aliphatic heterocycles. The molecule has 2 rings (SSSR count). The van der Waals surface area contributed by atoms with Gasteiger partial charge in [0.1, 0.15) is 17.9 Å². The van der Waals surface area contributed by atoms with Gasteiger partial charge >= 0.3 is 6.09 Å². The number of carbonyl (C=O) groups is 3. The fourth-order valence-electron chi connectivity index (χ4n) is 2.69. The van der Waals surface area contributed by atoms with Gasteiger partial charge in [0.2, 0.25) is 11.8 Å². The van der Waals surface area contributed by atoms with Crippen molar-refractivity contribution in [3.63, 3.8) is 0 Å². The Morgan fingerprint density at radius 1 is 1.03 bits per heavy atom. The molecule has 5 N–H and O–H groups in total. The van der Waals surface area contributed by atoms with Crippen molar-refractivity contribution in [2.24, 2.45) is 5.73 Å². The summed E-state index contributed by atoms with van der Waals surface area (Å²) in [4.78, 5) is 36.2. The van der Waals surface area contributed by atoms with Gasteiger partial charge in [0.15, 0.2) is 0 Å². The lowest BCUT2D eigenvalue weighted by molar-refractivity contribution is -0.131. The van der Waals surface area contributed by atoms with Gasteiger partial charge in [0.25, 0.3) is 0 Å². The van der Waals surface area contributed by atoms with Crippen molar-refractivity contribution in [2.45, 2.75) is 31.9 Å². The van der Waals surface area contributed by atoms with Gasteiger partial charge in [0.05, 0.1) is 6.42 Å². The van der Waals surface area contributed by atoms with Crippen LogP contribution in [0.1, 0.15) is 24.5 Å². The molecule has 8 nitrogen and oxygen atoms in total. The minimum absolute atomic E-state index is 0.0296. The lowest BCUT2D eigenvalue weighted by Crippen LogP contribution is -2.58. The Morgan fingerprint density at radius 2 is 1.69 bits per heavy atom. The summed E-state index contributed by atoms with van der Waals surface area (Å²) in [5.74, 6) is -1.12. The number of hydrogen-bond donors (Lipinski definition) is 4. The van der Waals surface area contributed by atoms with Crippen LogP contribution in [0.2, 0.25) is 0 Å². The molecule has 0 heterocycles. The normalized spacial score (nSPS) is 12.4. The predicted octanol–water partition coefficient (Wildman–Crippen LogP) is 1.61. The number of alkyl carbamates (subject to hydrolysis) is 1. The smallest absolute Gasteiger partial charge is 0.408 e. The predicted molar refractivity (Wildman–Crippen MR) is 107 cm³/mol. The van der Waals surface area contributed by atoms with Crippen molar-refractivity contribution in [1.82, 2.24) is 10.6 Å². The zero-order chi connectivity index (χ0) is 21.3. The summed E-state index contributed by atoms with van der Waals surface area (Å²) in [6.45, 7) is 1.72. The second-order valence-electron chi connectivity index (χ2n) is 6.83. The first kappa shape index (κ1) is 21.7. The summed E-state index contributed by atoms with van der Waals surface area (Å²) in [7, 11) is 0. The number of ether oxygens (including phenoxy) is 1. The first-order valence-electron chi connectivity index (χ1n) is 9.12. The molecule has 0 aromatic heterocycles. The highest BCUT2D eigenvalue weighted by atomic mass is 16.5. The topological polar surface area (TPSA) is 131 Å². The second-order valence-corrected chi connectivity index (χ2v) is 6.83. The van der Waals surface area contributed by atoms with Crippen LogP contribution in [0.25, 0.3) is 0 Å². The third-order valence-corrected chi connectivity index (χ3v) is 4.26. The van der Waals surface area contributed by atoms with Crippen LogP contribution in [0.5, 0.6) is 5.75 Å². The molecule has 0 saturated carbocycles. The summed E-state index contributed by atoms with van der Waals surface area (Å²) in [6.07, 6.45) is -0.693. The van der Waals surface area contributed by atoms with Crippen LogP contribution in [0.3, 0.4) is 0 Å². The summed E-state index contributed by atoms with van der Waals surface area (Å²) in [6, 6.07) is 15.7. The van der Waals surface area contributed by atoms with Gasteiger partial charge in [-0.1, -0.05) is 42.5 Å². The molecule has 0 saturated heterocycles. The Labute approximate surface area is 169 Å². The van der Waals surface area contributed by atoms with Gasteiger partial charge in [-0.2, -0.15) is 0 Å². The lowest BCUT2D eigenvalue weighted by atomic mass is 9.96. The highest BCUT2D eigenvalue weighted by molar-refractivity contribution is 5.94. The molecular formula is C21H25N3O5. The molecule has 0 fully saturated rings. The van der Waals surface area contributed by atoms with Crippen LogP contribution in [-0.4, -0.2) is 35.1 Å². The molecule has 8 heteroatoms.